The number of nitrogens with two attached hydrogens (primary N) is 1. The molecule has 5 heteroatoms. The van der Waals surface area contributed by atoms with Crippen LogP contribution >= 0.6 is 0 Å². The average Bonchev–Trinajstić information content (AvgIpc) is 2.49. The lowest BCUT2D eigenvalue weighted by Crippen LogP contribution is -2.27. The zero-order chi connectivity index (χ0) is 15.4. The highest BCUT2D eigenvalue weighted by Gasteiger charge is 2.17. The van der Waals surface area contributed by atoms with Crippen molar-refractivity contribution < 1.29 is 13.9 Å². The Bertz CT molecular complexity index is 641. The third-order valence-corrected chi connectivity index (χ3v) is 3.14. The number of hydrogen-bond donors (Lipinski definition) is 2. The van der Waals surface area contributed by atoms with Crippen LogP contribution in [0.5, 0.6) is 5.75 Å². The monoisotopic (exact) mass is 288 g/mol. The van der Waals surface area contributed by atoms with Crippen LogP contribution in [0.3, 0.4) is 0 Å². The van der Waals surface area contributed by atoms with E-state index in [1.165, 1.54) is 25.3 Å². The molecule has 0 aliphatic carbocycles. The van der Waals surface area contributed by atoms with Crippen molar-refractivity contribution in [3.8, 4) is 5.75 Å². The van der Waals surface area contributed by atoms with Crippen LogP contribution in [0.25, 0.3) is 0 Å². The van der Waals surface area contributed by atoms with Crippen LogP contribution < -0.4 is 15.8 Å². The number of anilines is 1. The van der Waals surface area contributed by atoms with E-state index in [1.807, 2.05) is 31.2 Å². The summed E-state index contributed by atoms with van der Waals surface area (Å²) in [6, 6.07) is 10.5. The van der Waals surface area contributed by atoms with Gasteiger partial charge < -0.3 is 15.8 Å². The Morgan fingerprint density at radius 3 is 2.52 bits per heavy atom. The molecule has 2 aromatic carbocycles. The summed E-state index contributed by atoms with van der Waals surface area (Å²) in [5.41, 5.74) is 8.11. The van der Waals surface area contributed by atoms with Crippen molar-refractivity contribution in [2.75, 3.05) is 12.4 Å². The standard InChI is InChI=1S/C16H17FN2O2/c1-10-3-5-11(6-4-10)15(18)16(20)19-13-8-7-12(17)9-14(13)21-2/h3-9,15H,18H2,1-2H3,(H,19,20). The molecule has 0 fully saturated rings. The molecule has 3 N–H and O–H groups in total. The summed E-state index contributed by atoms with van der Waals surface area (Å²) in [6.45, 7) is 1.96. The Labute approximate surface area is 122 Å². The van der Waals surface area contributed by atoms with E-state index >= 15 is 0 Å². The first kappa shape index (κ1) is 15.0. The Balaban J connectivity index is 2.16. The molecule has 110 valence electrons. The van der Waals surface area contributed by atoms with E-state index in [-0.39, 0.29) is 11.7 Å². The van der Waals surface area contributed by atoms with E-state index in [4.69, 9.17) is 10.5 Å². The van der Waals surface area contributed by atoms with Gasteiger partial charge in [-0.05, 0) is 24.6 Å². The van der Waals surface area contributed by atoms with Crippen LogP contribution in [0, 0.1) is 12.7 Å². The lowest BCUT2D eigenvalue weighted by molar-refractivity contribution is -0.117. The Hall–Kier alpha value is -2.40. The number of nitrogens with one attached hydrogen (secondary N) is 1. The van der Waals surface area contributed by atoms with Crippen LogP contribution in [-0.4, -0.2) is 13.0 Å². The molecule has 0 aliphatic rings. The van der Waals surface area contributed by atoms with Crippen molar-refractivity contribution in [1.29, 1.82) is 0 Å². The van der Waals surface area contributed by atoms with E-state index in [9.17, 15) is 9.18 Å². The van der Waals surface area contributed by atoms with Crippen LogP contribution in [-0.2, 0) is 4.79 Å². The van der Waals surface area contributed by atoms with Crippen LogP contribution in [0.1, 0.15) is 17.2 Å². The number of amides is 1. The van der Waals surface area contributed by atoms with Gasteiger partial charge in [-0.15, -0.1) is 0 Å². The summed E-state index contributed by atoms with van der Waals surface area (Å²) in [6.07, 6.45) is 0. The average molecular weight is 288 g/mol. The number of ether oxygens (including phenoxy) is 1. The Morgan fingerprint density at radius 2 is 1.90 bits per heavy atom. The Kier molecular flexibility index (Phi) is 4.55. The van der Waals surface area contributed by atoms with Crippen molar-refractivity contribution in [2.24, 2.45) is 5.73 Å². The predicted molar refractivity (Wildman–Crippen MR) is 79.7 cm³/mol. The van der Waals surface area contributed by atoms with Crippen molar-refractivity contribution in [2.45, 2.75) is 13.0 Å². The van der Waals surface area contributed by atoms with E-state index in [0.29, 0.717) is 11.3 Å². The lowest BCUT2D eigenvalue weighted by Gasteiger charge is -2.15. The van der Waals surface area contributed by atoms with Crippen molar-refractivity contribution in [3.63, 3.8) is 0 Å². The van der Waals surface area contributed by atoms with Gasteiger partial charge in [0.05, 0.1) is 12.8 Å². The van der Waals surface area contributed by atoms with Gasteiger partial charge in [0.25, 0.3) is 0 Å². The van der Waals surface area contributed by atoms with Gasteiger partial charge in [-0.2, -0.15) is 0 Å². The fourth-order valence-electron chi connectivity index (χ4n) is 1.90. The first-order valence-electron chi connectivity index (χ1n) is 6.48. The van der Waals surface area contributed by atoms with Gasteiger partial charge in [0, 0.05) is 6.07 Å². The molecular weight excluding hydrogens is 271 g/mol. The molecule has 2 rings (SSSR count). The molecule has 21 heavy (non-hydrogen) atoms. The van der Waals surface area contributed by atoms with E-state index in [2.05, 4.69) is 5.32 Å². The molecular formula is C16H17FN2O2. The molecule has 0 aromatic heterocycles. The second kappa shape index (κ2) is 6.37. The topological polar surface area (TPSA) is 64.3 Å². The molecule has 4 nitrogen and oxygen atoms in total. The first-order chi connectivity index (χ1) is 10.0. The molecule has 0 bridgehead atoms. The van der Waals surface area contributed by atoms with Gasteiger partial charge in [-0.3, -0.25) is 4.79 Å². The minimum atomic E-state index is -0.805. The molecule has 0 radical (unpaired) electrons. The number of halogens is 1. The molecule has 1 unspecified atom stereocenters. The van der Waals surface area contributed by atoms with Gasteiger partial charge in [0.2, 0.25) is 5.91 Å². The summed E-state index contributed by atoms with van der Waals surface area (Å²) in [4.78, 5) is 12.2. The summed E-state index contributed by atoms with van der Waals surface area (Å²) < 4.78 is 18.1. The number of methoxy groups -OCH3 is 1. The fourth-order valence-corrected chi connectivity index (χ4v) is 1.90. The third-order valence-electron chi connectivity index (χ3n) is 3.14. The van der Waals surface area contributed by atoms with Gasteiger partial charge in [0.15, 0.2) is 0 Å². The number of carbonyl (C=O) groups is 1. The summed E-state index contributed by atoms with van der Waals surface area (Å²) in [5.74, 6) is -0.573. The van der Waals surface area contributed by atoms with Gasteiger partial charge >= 0.3 is 0 Å². The molecule has 1 atom stereocenters. The highest BCUT2D eigenvalue weighted by Crippen LogP contribution is 2.26. The normalized spacial score (nSPS) is 11.8. The first-order valence-corrected chi connectivity index (χ1v) is 6.48. The van der Waals surface area contributed by atoms with E-state index < -0.39 is 11.9 Å². The van der Waals surface area contributed by atoms with Crippen LogP contribution in [0.2, 0.25) is 0 Å². The number of aryl methyl sites for hydroxylation is 1. The lowest BCUT2D eigenvalue weighted by atomic mass is 10.1. The maximum absolute atomic E-state index is 13.1. The minimum absolute atomic E-state index is 0.249. The number of carbonyl (C=O) groups excluding carboxylic acids is 1. The molecule has 0 heterocycles. The zero-order valence-electron chi connectivity index (χ0n) is 11.9. The van der Waals surface area contributed by atoms with Gasteiger partial charge in [-0.1, -0.05) is 29.8 Å². The van der Waals surface area contributed by atoms with Gasteiger partial charge in [0.1, 0.15) is 17.6 Å². The van der Waals surface area contributed by atoms with Gasteiger partial charge in [-0.25, -0.2) is 4.39 Å². The zero-order valence-corrected chi connectivity index (χ0v) is 11.9. The van der Waals surface area contributed by atoms with Crippen LogP contribution in [0.4, 0.5) is 10.1 Å². The third kappa shape index (κ3) is 3.58. The fraction of sp³-hybridized carbons (Fsp3) is 0.188. The smallest absolute Gasteiger partial charge is 0.245 e. The quantitative estimate of drug-likeness (QED) is 0.909. The molecule has 2 aromatic rings. The summed E-state index contributed by atoms with van der Waals surface area (Å²) >= 11 is 0. The van der Waals surface area contributed by atoms with Crippen molar-refractivity contribution in [1.82, 2.24) is 0 Å². The highest BCUT2D eigenvalue weighted by molar-refractivity contribution is 5.96. The summed E-state index contributed by atoms with van der Waals surface area (Å²) in [7, 11) is 1.41. The highest BCUT2D eigenvalue weighted by atomic mass is 19.1. The predicted octanol–water partition coefficient (Wildman–Crippen LogP) is 2.78. The van der Waals surface area contributed by atoms with Crippen molar-refractivity contribution in [3.05, 3.63) is 59.4 Å². The molecule has 1 amide bonds. The maximum Gasteiger partial charge on any atom is 0.245 e. The Morgan fingerprint density at radius 1 is 1.24 bits per heavy atom. The molecule has 0 saturated heterocycles. The molecule has 0 spiro atoms. The minimum Gasteiger partial charge on any atom is -0.494 e. The van der Waals surface area contributed by atoms with Crippen LogP contribution in [0.15, 0.2) is 42.5 Å². The van der Waals surface area contributed by atoms with E-state index in [0.717, 1.165) is 5.56 Å². The molecule has 0 aliphatic heterocycles. The maximum atomic E-state index is 13.1. The van der Waals surface area contributed by atoms with Crippen molar-refractivity contribution >= 4 is 11.6 Å². The SMILES string of the molecule is COc1cc(F)ccc1NC(=O)C(N)c1ccc(C)cc1. The number of hydrogen-bond acceptors (Lipinski definition) is 3. The second-order valence-corrected chi connectivity index (χ2v) is 4.72. The van der Waals surface area contributed by atoms with E-state index in [1.54, 1.807) is 0 Å². The number of rotatable bonds is 4. The largest absolute Gasteiger partial charge is 0.494 e. The number of benzene rings is 2. The second-order valence-electron chi connectivity index (χ2n) is 4.72. The molecule has 0 saturated carbocycles. The summed E-state index contributed by atoms with van der Waals surface area (Å²) in [5, 5.41) is 2.65.